The molecular formula is C7H6FNO. The Morgan fingerprint density at radius 1 is 1.60 bits per heavy atom. The van der Waals surface area contributed by atoms with Crippen molar-refractivity contribution in [3.05, 3.63) is 40.6 Å². The number of hydrogen-bond acceptors (Lipinski definition) is 1. The van der Waals surface area contributed by atoms with Crippen LogP contribution in [0.2, 0.25) is 0 Å². The Bertz CT molecular complexity index is 303. The van der Waals surface area contributed by atoms with Crippen molar-refractivity contribution in [2.75, 3.05) is 0 Å². The first-order valence-electron chi connectivity index (χ1n) is 2.75. The first-order valence-corrected chi connectivity index (χ1v) is 2.75. The van der Waals surface area contributed by atoms with E-state index < -0.39 is 11.5 Å². The van der Waals surface area contributed by atoms with E-state index in [1.807, 2.05) is 4.98 Å². The third kappa shape index (κ3) is 1.13. The second-order valence-corrected chi connectivity index (χ2v) is 1.80. The second kappa shape index (κ2) is 2.47. The fraction of sp³-hybridized carbons (Fsp3) is 0. The lowest BCUT2D eigenvalue weighted by molar-refractivity contribution is 0.577. The van der Waals surface area contributed by atoms with Crippen LogP contribution < -0.4 is 5.56 Å². The lowest BCUT2D eigenvalue weighted by Gasteiger charge is -1.91. The number of halogens is 1. The number of hydrogen-bond donors (Lipinski definition) is 1. The molecule has 52 valence electrons. The molecule has 0 saturated carbocycles. The van der Waals surface area contributed by atoms with E-state index in [1.54, 1.807) is 0 Å². The number of nitrogens with one attached hydrogen (secondary N) is 1. The molecule has 0 aliphatic heterocycles. The van der Waals surface area contributed by atoms with E-state index in [0.717, 1.165) is 0 Å². The molecule has 10 heavy (non-hydrogen) atoms. The number of aromatic nitrogens is 1. The Morgan fingerprint density at radius 3 is 2.80 bits per heavy atom. The summed E-state index contributed by atoms with van der Waals surface area (Å²) in [6, 6.07) is 2.63. The third-order valence-corrected chi connectivity index (χ3v) is 1.12. The molecular weight excluding hydrogens is 133 g/mol. The van der Waals surface area contributed by atoms with Crippen LogP contribution in [0, 0.1) is 5.95 Å². The van der Waals surface area contributed by atoms with Gasteiger partial charge in [-0.05, 0) is 6.07 Å². The Balaban J connectivity index is 3.32. The molecule has 1 aromatic heterocycles. The summed E-state index contributed by atoms with van der Waals surface area (Å²) in [5.41, 5.74) is -0.136. The highest BCUT2D eigenvalue weighted by Crippen LogP contribution is 2.00. The molecule has 0 amide bonds. The summed E-state index contributed by atoms with van der Waals surface area (Å²) >= 11 is 0. The molecule has 0 fully saturated rings. The molecule has 0 radical (unpaired) electrons. The van der Waals surface area contributed by atoms with Crippen molar-refractivity contribution < 1.29 is 4.39 Å². The van der Waals surface area contributed by atoms with Gasteiger partial charge in [0.1, 0.15) is 0 Å². The predicted octanol–water partition coefficient (Wildman–Crippen LogP) is 1.16. The fourth-order valence-electron chi connectivity index (χ4n) is 0.618. The Morgan fingerprint density at radius 2 is 2.30 bits per heavy atom. The molecule has 0 unspecified atom stereocenters. The maximum atomic E-state index is 12.5. The van der Waals surface area contributed by atoms with Crippen molar-refractivity contribution in [1.82, 2.24) is 4.98 Å². The summed E-state index contributed by atoms with van der Waals surface area (Å²) < 4.78 is 12.5. The van der Waals surface area contributed by atoms with Crippen molar-refractivity contribution >= 4 is 6.08 Å². The van der Waals surface area contributed by atoms with Gasteiger partial charge in [0.15, 0.2) is 0 Å². The Kier molecular flexibility index (Phi) is 1.67. The molecule has 1 rings (SSSR count). The minimum absolute atomic E-state index is 0.305. The summed E-state index contributed by atoms with van der Waals surface area (Å²) in [6.45, 7) is 3.36. The Hall–Kier alpha value is -1.38. The van der Waals surface area contributed by atoms with Crippen LogP contribution in [0.15, 0.2) is 23.5 Å². The maximum absolute atomic E-state index is 12.5. The monoisotopic (exact) mass is 139 g/mol. The smallest absolute Gasteiger partial charge is 0.250 e. The number of pyridine rings is 1. The molecule has 0 aliphatic rings. The molecule has 1 aromatic rings. The van der Waals surface area contributed by atoms with E-state index in [9.17, 15) is 9.18 Å². The van der Waals surface area contributed by atoms with Gasteiger partial charge >= 0.3 is 0 Å². The van der Waals surface area contributed by atoms with Gasteiger partial charge in [0, 0.05) is 11.6 Å². The van der Waals surface area contributed by atoms with Gasteiger partial charge in [-0.25, -0.2) is 0 Å². The number of aromatic amines is 1. The van der Waals surface area contributed by atoms with Crippen LogP contribution in [0.25, 0.3) is 6.08 Å². The van der Waals surface area contributed by atoms with Gasteiger partial charge < -0.3 is 0 Å². The van der Waals surface area contributed by atoms with Gasteiger partial charge in [0.25, 0.3) is 0 Å². The molecule has 0 aliphatic carbocycles. The summed E-state index contributed by atoms with van der Waals surface area (Å²) in [7, 11) is 0. The normalized spacial score (nSPS) is 9.30. The molecule has 0 saturated heterocycles. The third-order valence-electron chi connectivity index (χ3n) is 1.12. The first-order chi connectivity index (χ1) is 4.74. The minimum Gasteiger partial charge on any atom is -0.298 e. The van der Waals surface area contributed by atoms with E-state index in [-0.39, 0.29) is 0 Å². The standard InChI is InChI=1S/C7H6FNO/c1-2-5-3-4-6(10)9-7(5)8/h2-4H,1H2,(H,9,10). The van der Waals surface area contributed by atoms with Crippen LogP contribution in [0.5, 0.6) is 0 Å². The average molecular weight is 139 g/mol. The van der Waals surface area contributed by atoms with Gasteiger partial charge in [0.05, 0.1) is 0 Å². The van der Waals surface area contributed by atoms with Crippen molar-refractivity contribution in [3.8, 4) is 0 Å². The average Bonchev–Trinajstić information content (AvgIpc) is 1.88. The van der Waals surface area contributed by atoms with E-state index in [2.05, 4.69) is 6.58 Å². The molecule has 1 heterocycles. The molecule has 0 spiro atoms. The maximum Gasteiger partial charge on any atom is 0.250 e. The van der Waals surface area contributed by atoms with E-state index in [0.29, 0.717) is 5.56 Å². The lowest BCUT2D eigenvalue weighted by Crippen LogP contribution is -2.06. The van der Waals surface area contributed by atoms with Gasteiger partial charge in [-0.3, -0.25) is 9.78 Å². The second-order valence-electron chi connectivity index (χ2n) is 1.80. The molecule has 3 heteroatoms. The summed E-state index contributed by atoms with van der Waals surface area (Å²) in [5, 5.41) is 0. The van der Waals surface area contributed by atoms with Crippen molar-refractivity contribution in [1.29, 1.82) is 0 Å². The first kappa shape index (κ1) is 6.74. The van der Waals surface area contributed by atoms with Gasteiger partial charge in [-0.1, -0.05) is 12.7 Å². The predicted molar refractivity (Wildman–Crippen MR) is 37.1 cm³/mol. The van der Waals surface area contributed by atoms with Gasteiger partial charge in [-0.15, -0.1) is 0 Å². The van der Waals surface area contributed by atoms with Gasteiger partial charge in [-0.2, -0.15) is 4.39 Å². The van der Waals surface area contributed by atoms with E-state index in [1.165, 1.54) is 18.2 Å². The summed E-state index contributed by atoms with van der Waals surface area (Å²) in [5.74, 6) is -0.637. The molecule has 0 atom stereocenters. The summed E-state index contributed by atoms with van der Waals surface area (Å²) in [6.07, 6.45) is 1.34. The fourth-order valence-corrected chi connectivity index (χ4v) is 0.618. The highest BCUT2D eigenvalue weighted by atomic mass is 19.1. The molecule has 1 N–H and O–H groups in total. The zero-order chi connectivity index (χ0) is 7.56. The topological polar surface area (TPSA) is 32.9 Å². The zero-order valence-corrected chi connectivity index (χ0v) is 5.23. The van der Waals surface area contributed by atoms with Crippen LogP contribution >= 0.6 is 0 Å². The van der Waals surface area contributed by atoms with Crippen LogP contribution in [0.3, 0.4) is 0 Å². The van der Waals surface area contributed by atoms with Crippen molar-refractivity contribution in [3.63, 3.8) is 0 Å². The molecule has 0 bridgehead atoms. The largest absolute Gasteiger partial charge is 0.298 e. The summed E-state index contributed by atoms with van der Waals surface area (Å²) in [4.78, 5) is 12.4. The van der Waals surface area contributed by atoms with Gasteiger partial charge in [0.2, 0.25) is 11.5 Å². The van der Waals surface area contributed by atoms with Crippen LogP contribution in [0.4, 0.5) is 4.39 Å². The van der Waals surface area contributed by atoms with Crippen LogP contribution in [-0.2, 0) is 0 Å². The Labute approximate surface area is 57.0 Å². The number of rotatable bonds is 1. The molecule has 0 aromatic carbocycles. The van der Waals surface area contributed by atoms with Crippen molar-refractivity contribution in [2.45, 2.75) is 0 Å². The van der Waals surface area contributed by atoms with Crippen LogP contribution in [0.1, 0.15) is 5.56 Å². The van der Waals surface area contributed by atoms with E-state index in [4.69, 9.17) is 0 Å². The highest BCUT2D eigenvalue weighted by molar-refractivity contribution is 5.45. The quantitative estimate of drug-likeness (QED) is 0.582. The van der Waals surface area contributed by atoms with Crippen molar-refractivity contribution in [2.24, 2.45) is 0 Å². The van der Waals surface area contributed by atoms with E-state index >= 15 is 0 Å². The lowest BCUT2D eigenvalue weighted by atomic mass is 10.3. The minimum atomic E-state index is -0.637. The SMILES string of the molecule is C=Cc1ccc(=O)[nH]c1F. The highest BCUT2D eigenvalue weighted by Gasteiger charge is 1.95. The zero-order valence-electron chi connectivity index (χ0n) is 5.23. The molecule has 2 nitrogen and oxygen atoms in total. The number of H-pyrrole nitrogens is 1. The van der Waals surface area contributed by atoms with Crippen LogP contribution in [-0.4, -0.2) is 4.98 Å².